The molecular weight excluding hydrogens is 805 g/mol. The third kappa shape index (κ3) is 50.4. The van der Waals surface area contributed by atoms with Gasteiger partial charge in [-0.15, -0.1) is 0 Å². The third-order valence-corrected chi connectivity index (χ3v) is 10.3. The lowest BCUT2D eigenvalue weighted by atomic mass is 10.1. The van der Waals surface area contributed by atoms with E-state index in [1.54, 1.807) is 0 Å². The fraction of sp³-hybridized carbons (Fsp3) is 0.576. The molecule has 364 valence electrons. The van der Waals surface area contributed by atoms with Crippen molar-refractivity contribution in [2.75, 3.05) is 13.2 Å². The van der Waals surface area contributed by atoms with Gasteiger partial charge in [-0.25, -0.2) is 0 Å². The molecule has 0 saturated heterocycles. The smallest absolute Gasteiger partial charge is 0.306 e. The fourth-order valence-corrected chi connectivity index (χ4v) is 6.44. The van der Waals surface area contributed by atoms with E-state index in [0.29, 0.717) is 19.3 Å². The monoisotopic (exact) mass is 897 g/mol. The first kappa shape index (κ1) is 60.5. The molecule has 0 spiro atoms. The summed E-state index contributed by atoms with van der Waals surface area (Å²) in [6.07, 6.45) is 72.8. The minimum atomic E-state index is -0.818. The summed E-state index contributed by atoms with van der Waals surface area (Å²) in [5.74, 6) is -0.998. The number of carbonyl (C=O) groups is 3. The zero-order chi connectivity index (χ0) is 47.2. The Kier molecular flexibility index (Phi) is 48.6. The molecule has 0 aromatic rings. The summed E-state index contributed by atoms with van der Waals surface area (Å²) in [6.45, 7) is 6.26. The lowest BCUT2D eigenvalue weighted by Crippen LogP contribution is -2.30. The molecule has 0 rings (SSSR count). The van der Waals surface area contributed by atoms with E-state index in [9.17, 15) is 14.4 Å². The first-order valence-electron chi connectivity index (χ1n) is 25.8. The molecule has 0 aliphatic heterocycles. The van der Waals surface area contributed by atoms with Gasteiger partial charge in [-0.2, -0.15) is 0 Å². The van der Waals surface area contributed by atoms with Crippen LogP contribution in [0.5, 0.6) is 0 Å². The fourth-order valence-electron chi connectivity index (χ4n) is 6.44. The summed E-state index contributed by atoms with van der Waals surface area (Å²) < 4.78 is 16.7. The van der Waals surface area contributed by atoms with Crippen LogP contribution in [0.25, 0.3) is 0 Å². The largest absolute Gasteiger partial charge is 0.462 e. The molecule has 0 bridgehead atoms. The molecular formula is C59H92O6. The second-order valence-corrected chi connectivity index (χ2v) is 16.5. The molecule has 0 radical (unpaired) electrons. The Morgan fingerprint density at radius 3 is 1.14 bits per heavy atom. The number of rotatable bonds is 44. The highest BCUT2D eigenvalue weighted by Gasteiger charge is 2.19. The standard InChI is InChI=1S/C59H92O6/c1-4-7-10-13-16-19-22-25-27-29-30-32-34-37-40-43-46-49-52-58(61)64-55-56(54-63-57(60)51-48-45-42-39-36-33-24-21-18-15-12-9-6-3)65-59(62)53-50-47-44-41-38-35-31-28-26-23-20-17-14-11-8-5-2/h8-9,11-12,15-22,24-30,32,35,38,56H,4-7,10,13-14,23,31,33-34,36-37,39-55H2,1-3H3/b11-8-,12-9-,18-15-,19-16-,20-17-,24-21-,25-22-,28-26-,29-27-,32-30-,38-35-. The molecule has 0 aliphatic rings. The summed E-state index contributed by atoms with van der Waals surface area (Å²) >= 11 is 0. The van der Waals surface area contributed by atoms with Gasteiger partial charge in [0.25, 0.3) is 0 Å². The lowest BCUT2D eigenvalue weighted by molar-refractivity contribution is -0.167. The van der Waals surface area contributed by atoms with Crippen LogP contribution in [0.2, 0.25) is 0 Å². The second kappa shape index (κ2) is 52.2. The van der Waals surface area contributed by atoms with Crippen LogP contribution in [0, 0.1) is 0 Å². The van der Waals surface area contributed by atoms with Crippen LogP contribution >= 0.6 is 0 Å². The van der Waals surface area contributed by atoms with Gasteiger partial charge in [0.05, 0.1) is 0 Å². The van der Waals surface area contributed by atoms with Crippen molar-refractivity contribution in [2.24, 2.45) is 0 Å². The zero-order valence-corrected chi connectivity index (χ0v) is 41.4. The molecule has 6 heteroatoms. The SMILES string of the molecule is CC\C=C/C=C\C=C/CCCCCCCC(=O)OCC(COC(=O)CCCCCCC\C=C/C=C\C=C/C=C\CCCCC)OC(=O)CCCCC/C=C\C/C=C\C/C=C\C/C=C\CC. The van der Waals surface area contributed by atoms with E-state index in [1.165, 1.54) is 19.3 Å². The summed E-state index contributed by atoms with van der Waals surface area (Å²) in [4.78, 5) is 38.0. The zero-order valence-electron chi connectivity index (χ0n) is 41.4. The van der Waals surface area contributed by atoms with Crippen LogP contribution in [0.15, 0.2) is 134 Å². The van der Waals surface area contributed by atoms with Gasteiger partial charge < -0.3 is 14.2 Å². The van der Waals surface area contributed by atoms with Crippen LogP contribution in [0.3, 0.4) is 0 Å². The Morgan fingerprint density at radius 1 is 0.338 bits per heavy atom. The maximum absolute atomic E-state index is 12.8. The minimum Gasteiger partial charge on any atom is -0.462 e. The van der Waals surface area contributed by atoms with Crippen molar-refractivity contribution < 1.29 is 28.6 Å². The van der Waals surface area contributed by atoms with Gasteiger partial charge in [0.2, 0.25) is 0 Å². The Bertz CT molecular complexity index is 1450. The summed E-state index contributed by atoms with van der Waals surface area (Å²) in [6, 6.07) is 0. The molecule has 0 heterocycles. The Morgan fingerprint density at radius 2 is 0.677 bits per heavy atom. The average Bonchev–Trinajstić information content (AvgIpc) is 3.30. The first-order chi connectivity index (χ1) is 32.0. The highest BCUT2D eigenvalue weighted by Crippen LogP contribution is 2.12. The summed E-state index contributed by atoms with van der Waals surface area (Å²) in [5.41, 5.74) is 0. The molecule has 1 atom stereocenters. The Hall–Kier alpha value is -4.45. The van der Waals surface area contributed by atoms with Gasteiger partial charge >= 0.3 is 17.9 Å². The molecule has 65 heavy (non-hydrogen) atoms. The van der Waals surface area contributed by atoms with Gasteiger partial charge in [0.15, 0.2) is 6.10 Å². The number of unbranched alkanes of at least 4 members (excludes halogenated alkanes) is 16. The second-order valence-electron chi connectivity index (χ2n) is 16.5. The van der Waals surface area contributed by atoms with Crippen molar-refractivity contribution in [3.05, 3.63) is 134 Å². The van der Waals surface area contributed by atoms with Crippen LogP contribution in [0.1, 0.15) is 201 Å². The van der Waals surface area contributed by atoms with Crippen molar-refractivity contribution in [3.63, 3.8) is 0 Å². The average molecular weight is 897 g/mol. The van der Waals surface area contributed by atoms with E-state index in [4.69, 9.17) is 14.2 Å². The van der Waals surface area contributed by atoms with E-state index in [-0.39, 0.29) is 37.5 Å². The van der Waals surface area contributed by atoms with Gasteiger partial charge in [-0.3, -0.25) is 14.4 Å². The van der Waals surface area contributed by atoms with E-state index < -0.39 is 6.10 Å². The normalized spacial score (nSPS) is 13.2. The highest BCUT2D eigenvalue weighted by atomic mass is 16.6. The first-order valence-corrected chi connectivity index (χ1v) is 25.8. The number of esters is 3. The predicted molar refractivity (Wildman–Crippen MR) is 279 cm³/mol. The van der Waals surface area contributed by atoms with E-state index in [2.05, 4.69) is 148 Å². The molecule has 0 amide bonds. The van der Waals surface area contributed by atoms with Crippen LogP contribution < -0.4 is 0 Å². The highest BCUT2D eigenvalue weighted by molar-refractivity contribution is 5.71. The van der Waals surface area contributed by atoms with E-state index in [0.717, 1.165) is 135 Å². The van der Waals surface area contributed by atoms with Gasteiger partial charge in [-0.05, 0) is 103 Å². The quantitative estimate of drug-likeness (QED) is 0.0199. The van der Waals surface area contributed by atoms with Crippen molar-refractivity contribution in [1.29, 1.82) is 0 Å². The van der Waals surface area contributed by atoms with Crippen molar-refractivity contribution in [2.45, 2.75) is 207 Å². The van der Waals surface area contributed by atoms with Crippen LogP contribution in [0.4, 0.5) is 0 Å². The molecule has 6 nitrogen and oxygen atoms in total. The molecule has 0 aliphatic carbocycles. The molecule has 0 saturated carbocycles. The summed E-state index contributed by atoms with van der Waals surface area (Å²) in [5, 5.41) is 0. The third-order valence-electron chi connectivity index (χ3n) is 10.3. The maximum Gasteiger partial charge on any atom is 0.306 e. The number of hydrogen-bond donors (Lipinski definition) is 0. The number of ether oxygens (including phenoxy) is 3. The van der Waals surface area contributed by atoms with Crippen LogP contribution in [-0.2, 0) is 28.6 Å². The van der Waals surface area contributed by atoms with Gasteiger partial charge in [0.1, 0.15) is 13.2 Å². The lowest BCUT2D eigenvalue weighted by Gasteiger charge is -2.18. The molecule has 0 aromatic heterocycles. The van der Waals surface area contributed by atoms with Crippen LogP contribution in [-0.4, -0.2) is 37.2 Å². The Balaban J connectivity index is 4.55. The number of allylic oxidation sites excluding steroid dienone is 22. The van der Waals surface area contributed by atoms with Crippen molar-refractivity contribution in [3.8, 4) is 0 Å². The molecule has 1 unspecified atom stereocenters. The number of hydrogen-bond acceptors (Lipinski definition) is 6. The van der Waals surface area contributed by atoms with Gasteiger partial charge in [0, 0.05) is 19.3 Å². The molecule has 0 N–H and O–H groups in total. The maximum atomic E-state index is 12.8. The summed E-state index contributed by atoms with van der Waals surface area (Å²) in [7, 11) is 0. The van der Waals surface area contributed by atoms with E-state index >= 15 is 0 Å². The molecule has 0 aromatic carbocycles. The van der Waals surface area contributed by atoms with Crippen molar-refractivity contribution in [1.82, 2.24) is 0 Å². The van der Waals surface area contributed by atoms with Crippen molar-refractivity contribution >= 4 is 17.9 Å². The molecule has 0 fully saturated rings. The topological polar surface area (TPSA) is 78.9 Å². The minimum absolute atomic E-state index is 0.115. The van der Waals surface area contributed by atoms with Gasteiger partial charge in [-0.1, -0.05) is 212 Å². The predicted octanol–water partition coefficient (Wildman–Crippen LogP) is 17.1. The van der Waals surface area contributed by atoms with E-state index in [1.807, 2.05) is 6.08 Å². The number of carbonyl (C=O) groups excluding carboxylic acids is 3. The Labute approximate surface area is 398 Å².